The zero-order chi connectivity index (χ0) is 22.0. The molecule has 0 spiro atoms. The second-order valence-electron chi connectivity index (χ2n) is 8.92. The third kappa shape index (κ3) is 4.13. The number of hydrogen-bond acceptors (Lipinski definition) is 4. The van der Waals surface area contributed by atoms with E-state index in [-0.39, 0.29) is 24.8 Å². The Kier molecular flexibility index (Phi) is 5.66. The van der Waals surface area contributed by atoms with E-state index in [9.17, 15) is 9.90 Å². The van der Waals surface area contributed by atoms with Crippen LogP contribution >= 0.6 is 0 Å². The summed E-state index contributed by atoms with van der Waals surface area (Å²) in [4.78, 5) is 19.2. The molecular weight excluding hydrogens is 400 g/mol. The Morgan fingerprint density at radius 3 is 2.31 bits per heavy atom. The molecule has 5 rings (SSSR count). The standard InChI is InChI=1S/C27H28N2O3/c30-26(32-19-20-7-2-1-3-8-20)29-23-9-6-10-24(29)18-27(31,17-23)22-14-12-21(13-15-22)25-11-4-5-16-28-25/h1-5,7-8,11-16,23-24,31H,6,9-10,17-19H2. The third-order valence-electron chi connectivity index (χ3n) is 6.81. The van der Waals surface area contributed by atoms with E-state index in [4.69, 9.17) is 4.74 Å². The zero-order valence-corrected chi connectivity index (χ0v) is 18.1. The van der Waals surface area contributed by atoms with Gasteiger partial charge in [0.2, 0.25) is 0 Å². The van der Waals surface area contributed by atoms with Crippen molar-refractivity contribution in [1.29, 1.82) is 0 Å². The van der Waals surface area contributed by atoms with Gasteiger partial charge < -0.3 is 14.7 Å². The van der Waals surface area contributed by atoms with Crippen molar-refractivity contribution in [3.05, 3.63) is 90.1 Å². The molecule has 2 unspecified atom stereocenters. The fraction of sp³-hybridized carbons (Fsp3) is 0.333. The molecule has 2 fully saturated rings. The highest BCUT2D eigenvalue weighted by Gasteiger charge is 2.48. The van der Waals surface area contributed by atoms with Gasteiger partial charge in [-0.3, -0.25) is 4.98 Å². The smallest absolute Gasteiger partial charge is 0.410 e. The highest BCUT2D eigenvalue weighted by atomic mass is 16.6. The summed E-state index contributed by atoms with van der Waals surface area (Å²) < 4.78 is 5.64. The second-order valence-corrected chi connectivity index (χ2v) is 8.92. The first kappa shape index (κ1) is 20.7. The van der Waals surface area contributed by atoms with Gasteiger partial charge in [0, 0.05) is 36.7 Å². The number of carbonyl (C=O) groups is 1. The molecular formula is C27H28N2O3. The molecule has 2 saturated heterocycles. The number of benzene rings is 2. The number of carbonyl (C=O) groups excluding carboxylic acids is 1. The number of rotatable bonds is 4. The molecule has 0 aliphatic carbocycles. The van der Waals surface area contributed by atoms with Gasteiger partial charge in [0.05, 0.1) is 11.3 Å². The lowest BCUT2D eigenvalue weighted by Gasteiger charge is -2.51. The van der Waals surface area contributed by atoms with Crippen molar-refractivity contribution < 1.29 is 14.6 Å². The van der Waals surface area contributed by atoms with Gasteiger partial charge in [-0.05, 0) is 42.5 Å². The molecule has 1 aromatic heterocycles. The van der Waals surface area contributed by atoms with E-state index in [0.29, 0.717) is 12.8 Å². The number of pyridine rings is 1. The summed E-state index contributed by atoms with van der Waals surface area (Å²) in [6.07, 6.45) is 5.45. The van der Waals surface area contributed by atoms with Crippen molar-refractivity contribution in [3.63, 3.8) is 0 Å². The second kappa shape index (κ2) is 8.75. The number of aliphatic hydroxyl groups is 1. The maximum atomic E-state index is 12.9. The number of hydrogen-bond donors (Lipinski definition) is 1. The van der Waals surface area contributed by atoms with Gasteiger partial charge in [-0.1, -0.05) is 60.7 Å². The average Bonchev–Trinajstić information content (AvgIpc) is 2.83. The summed E-state index contributed by atoms with van der Waals surface area (Å²) in [5, 5.41) is 11.6. The van der Waals surface area contributed by atoms with Crippen LogP contribution in [0.4, 0.5) is 4.79 Å². The van der Waals surface area contributed by atoms with Crippen LogP contribution in [-0.2, 0) is 16.9 Å². The minimum absolute atomic E-state index is 0.00811. The summed E-state index contributed by atoms with van der Waals surface area (Å²) in [7, 11) is 0. The topological polar surface area (TPSA) is 62.7 Å². The van der Waals surface area contributed by atoms with E-state index in [1.54, 1.807) is 6.20 Å². The van der Waals surface area contributed by atoms with Crippen LogP contribution in [-0.4, -0.2) is 33.2 Å². The van der Waals surface area contributed by atoms with E-state index in [1.165, 1.54) is 0 Å². The quantitative estimate of drug-likeness (QED) is 0.613. The largest absolute Gasteiger partial charge is 0.445 e. The van der Waals surface area contributed by atoms with Gasteiger partial charge in [0.25, 0.3) is 0 Å². The SMILES string of the molecule is O=C(OCc1ccccc1)N1C2CCCC1CC(O)(c1ccc(-c3ccccn3)cc1)C2. The predicted molar refractivity (Wildman–Crippen MR) is 123 cm³/mol. The first-order valence-corrected chi connectivity index (χ1v) is 11.4. The fourth-order valence-corrected chi connectivity index (χ4v) is 5.24. The van der Waals surface area contributed by atoms with Gasteiger partial charge in [0.15, 0.2) is 0 Å². The lowest BCUT2D eigenvalue weighted by molar-refractivity contribution is -0.0896. The van der Waals surface area contributed by atoms with Crippen LogP contribution in [0.2, 0.25) is 0 Å². The molecule has 1 amide bonds. The molecule has 32 heavy (non-hydrogen) atoms. The summed E-state index contributed by atoms with van der Waals surface area (Å²) >= 11 is 0. The van der Waals surface area contributed by atoms with Gasteiger partial charge >= 0.3 is 6.09 Å². The molecule has 3 heterocycles. The van der Waals surface area contributed by atoms with E-state index in [0.717, 1.165) is 41.6 Å². The van der Waals surface area contributed by atoms with Crippen LogP contribution < -0.4 is 0 Å². The van der Waals surface area contributed by atoms with Crippen LogP contribution in [0.15, 0.2) is 79.0 Å². The van der Waals surface area contributed by atoms with Crippen LogP contribution in [0.3, 0.4) is 0 Å². The molecule has 2 aliphatic heterocycles. The number of piperidine rings is 2. The van der Waals surface area contributed by atoms with Gasteiger partial charge in [0.1, 0.15) is 6.61 Å². The Hall–Kier alpha value is -3.18. The maximum Gasteiger partial charge on any atom is 0.410 e. The Bertz CT molecular complexity index is 1040. The molecule has 2 aliphatic rings. The lowest BCUT2D eigenvalue weighted by Crippen LogP contribution is -2.58. The summed E-state index contributed by atoms with van der Waals surface area (Å²) in [6.45, 7) is 0.273. The van der Waals surface area contributed by atoms with Crippen molar-refractivity contribution in [2.45, 2.75) is 56.4 Å². The average molecular weight is 429 g/mol. The van der Waals surface area contributed by atoms with Gasteiger partial charge in [-0.15, -0.1) is 0 Å². The molecule has 5 nitrogen and oxygen atoms in total. The van der Waals surface area contributed by atoms with E-state index in [2.05, 4.69) is 4.98 Å². The van der Waals surface area contributed by atoms with Crippen molar-refractivity contribution in [2.24, 2.45) is 0 Å². The zero-order valence-electron chi connectivity index (χ0n) is 18.1. The summed E-state index contributed by atoms with van der Waals surface area (Å²) in [5.74, 6) is 0. The Balaban J connectivity index is 1.30. The normalized spacial score (nSPS) is 24.7. The van der Waals surface area contributed by atoms with Gasteiger partial charge in [-0.25, -0.2) is 4.79 Å². The highest BCUT2D eigenvalue weighted by Crippen LogP contribution is 2.44. The van der Waals surface area contributed by atoms with Crippen molar-refractivity contribution in [1.82, 2.24) is 9.88 Å². The maximum absolute atomic E-state index is 12.9. The summed E-state index contributed by atoms with van der Waals surface area (Å²) in [6, 6.07) is 23.6. The van der Waals surface area contributed by atoms with Crippen molar-refractivity contribution in [2.75, 3.05) is 0 Å². The minimum Gasteiger partial charge on any atom is -0.445 e. The molecule has 164 valence electrons. The number of nitrogens with zero attached hydrogens (tertiary/aromatic N) is 2. The van der Waals surface area contributed by atoms with Crippen LogP contribution in [0.5, 0.6) is 0 Å². The van der Waals surface area contributed by atoms with Gasteiger partial charge in [-0.2, -0.15) is 0 Å². The number of aromatic nitrogens is 1. The molecule has 0 saturated carbocycles. The third-order valence-corrected chi connectivity index (χ3v) is 6.81. The monoisotopic (exact) mass is 428 g/mol. The molecule has 2 bridgehead atoms. The van der Waals surface area contributed by atoms with Crippen LogP contribution in [0, 0.1) is 0 Å². The van der Waals surface area contributed by atoms with E-state index in [1.807, 2.05) is 77.7 Å². The molecule has 3 aromatic rings. The van der Waals surface area contributed by atoms with Crippen molar-refractivity contribution >= 4 is 6.09 Å². The minimum atomic E-state index is -0.936. The molecule has 2 aromatic carbocycles. The highest BCUT2D eigenvalue weighted by molar-refractivity contribution is 5.69. The molecule has 2 atom stereocenters. The number of fused-ring (bicyclic) bond motifs is 2. The van der Waals surface area contributed by atoms with E-state index >= 15 is 0 Å². The first-order chi connectivity index (χ1) is 15.6. The molecule has 5 heteroatoms. The molecule has 1 N–H and O–H groups in total. The number of ether oxygens (including phenoxy) is 1. The first-order valence-electron chi connectivity index (χ1n) is 11.4. The van der Waals surface area contributed by atoms with E-state index < -0.39 is 5.60 Å². The predicted octanol–water partition coefficient (Wildman–Crippen LogP) is 5.29. The molecule has 0 radical (unpaired) electrons. The van der Waals surface area contributed by atoms with Crippen LogP contribution in [0.1, 0.15) is 43.2 Å². The number of amides is 1. The Morgan fingerprint density at radius 1 is 0.969 bits per heavy atom. The lowest BCUT2D eigenvalue weighted by atomic mass is 9.72. The van der Waals surface area contributed by atoms with Crippen molar-refractivity contribution in [3.8, 4) is 11.3 Å². The Morgan fingerprint density at radius 2 is 1.66 bits per heavy atom. The Labute approximate surface area is 188 Å². The summed E-state index contributed by atoms with van der Waals surface area (Å²) in [5.41, 5.74) is 2.90. The van der Waals surface area contributed by atoms with Crippen LogP contribution in [0.25, 0.3) is 11.3 Å². The fourth-order valence-electron chi connectivity index (χ4n) is 5.24.